The summed E-state index contributed by atoms with van der Waals surface area (Å²) in [5, 5.41) is 0. The zero-order chi connectivity index (χ0) is 5.98. The van der Waals surface area contributed by atoms with Gasteiger partial charge < -0.3 is 10.5 Å². The van der Waals surface area contributed by atoms with E-state index in [1.54, 1.807) is 0 Å². The highest BCUT2D eigenvalue weighted by molar-refractivity contribution is 4.79. The number of hydrogen-bond acceptors (Lipinski definition) is 2. The molecule has 0 spiro atoms. The van der Waals surface area contributed by atoms with Crippen LogP contribution in [0.4, 0.5) is 0 Å². The Kier molecular flexibility index (Phi) is 1.86. The molecule has 1 aliphatic rings. The highest BCUT2D eigenvalue weighted by Crippen LogP contribution is 2.24. The monoisotopic (exact) mass is 115 g/mol. The highest BCUT2D eigenvalue weighted by Gasteiger charge is 2.32. The quantitative estimate of drug-likeness (QED) is 0.544. The highest BCUT2D eigenvalue weighted by atomic mass is 16.6. The van der Waals surface area contributed by atoms with Gasteiger partial charge in [-0.05, 0) is 26.3 Å². The SMILES string of the molecule is CC1OC1CCCN. The van der Waals surface area contributed by atoms with Gasteiger partial charge in [0.15, 0.2) is 0 Å². The first-order chi connectivity index (χ1) is 3.84. The summed E-state index contributed by atoms with van der Waals surface area (Å²) >= 11 is 0. The summed E-state index contributed by atoms with van der Waals surface area (Å²) in [6, 6.07) is 0. The van der Waals surface area contributed by atoms with E-state index in [2.05, 4.69) is 6.92 Å². The van der Waals surface area contributed by atoms with Gasteiger partial charge in [0.05, 0.1) is 12.2 Å². The molecule has 0 amide bonds. The normalized spacial score (nSPS) is 35.2. The molecule has 2 N–H and O–H groups in total. The Morgan fingerprint density at radius 1 is 1.62 bits per heavy atom. The van der Waals surface area contributed by atoms with Crippen molar-refractivity contribution in [3.8, 4) is 0 Å². The lowest BCUT2D eigenvalue weighted by Gasteiger charge is -1.88. The fraction of sp³-hybridized carbons (Fsp3) is 1.00. The average molecular weight is 115 g/mol. The van der Waals surface area contributed by atoms with Crippen LogP contribution in [0.25, 0.3) is 0 Å². The molecular weight excluding hydrogens is 102 g/mol. The second kappa shape index (κ2) is 2.46. The Balaban J connectivity index is 1.89. The Labute approximate surface area is 50.0 Å². The van der Waals surface area contributed by atoms with Gasteiger partial charge in [0.1, 0.15) is 0 Å². The molecule has 0 bridgehead atoms. The van der Waals surface area contributed by atoms with Gasteiger partial charge in [-0.15, -0.1) is 0 Å². The molecule has 0 saturated carbocycles. The number of hydrogen-bond donors (Lipinski definition) is 1. The van der Waals surface area contributed by atoms with E-state index < -0.39 is 0 Å². The van der Waals surface area contributed by atoms with Crippen molar-refractivity contribution in [3.05, 3.63) is 0 Å². The smallest absolute Gasteiger partial charge is 0.0839 e. The number of epoxide rings is 1. The van der Waals surface area contributed by atoms with Crippen LogP contribution in [-0.2, 0) is 4.74 Å². The first kappa shape index (κ1) is 6.05. The Morgan fingerprint density at radius 3 is 2.62 bits per heavy atom. The van der Waals surface area contributed by atoms with Crippen molar-refractivity contribution >= 4 is 0 Å². The van der Waals surface area contributed by atoms with Crippen LogP contribution < -0.4 is 5.73 Å². The first-order valence-corrected chi connectivity index (χ1v) is 3.20. The fourth-order valence-electron chi connectivity index (χ4n) is 0.852. The molecule has 0 aromatic rings. The van der Waals surface area contributed by atoms with E-state index in [4.69, 9.17) is 10.5 Å². The minimum atomic E-state index is 0.515. The second-order valence-corrected chi connectivity index (χ2v) is 2.31. The third-order valence-corrected chi connectivity index (χ3v) is 1.53. The predicted molar refractivity (Wildman–Crippen MR) is 32.6 cm³/mol. The summed E-state index contributed by atoms with van der Waals surface area (Å²) in [5.41, 5.74) is 5.29. The number of nitrogens with two attached hydrogens (primary N) is 1. The van der Waals surface area contributed by atoms with Crippen LogP contribution in [0.2, 0.25) is 0 Å². The molecule has 1 heterocycles. The molecule has 0 radical (unpaired) electrons. The van der Waals surface area contributed by atoms with Gasteiger partial charge in [0.25, 0.3) is 0 Å². The molecule has 8 heavy (non-hydrogen) atoms. The molecule has 48 valence electrons. The summed E-state index contributed by atoms with van der Waals surface area (Å²) in [5.74, 6) is 0. The van der Waals surface area contributed by atoms with Gasteiger partial charge in [0, 0.05) is 0 Å². The summed E-state index contributed by atoms with van der Waals surface area (Å²) < 4.78 is 5.16. The molecule has 1 fully saturated rings. The molecule has 0 aromatic carbocycles. The number of ether oxygens (including phenoxy) is 1. The van der Waals surface area contributed by atoms with Gasteiger partial charge in [-0.3, -0.25) is 0 Å². The van der Waals surface area contributed by atoms with Gasteiger partial charge in [-0.2, -0.15) is 0 Å². The molecule has 2 heteroatoms. The van der Waals surface area contributed by atoms with Crippen molar-refractivity contribution in [2.45, 2.75) is 32.0 Å². The van der Waals surface area contributed by atoms with Crippen molar-refractivity contribution in [1.82, 2.24) is 0 Å². The predicted octanol–water partition coefficient (Wildman–Crippen LogP) is 0.513. The van der Waals surface area contributed by atoms with Gasteiger partial charge >= 0.3 is 0 Å². The standard InChI is InChI=1S/C6H13NO/c1-5-6(8-5)3-2-4-7/h5-6H,2-4,7H2,1H3. The Morgan fingerprint density at radius 2 is 2.25 bits per heavy atom. The third kappa shape index (κ3) is 1.46. The van der Waals surface area contributed by atoms with E-state index in [0.717, 1.165) is 19.4 Å². The third-order valence-electron chi connectivity index (χ3n) is 1.53. The zero-order valence-corrected chi connectivity index (χ0v) is 5.26. The lowest BCUT2D eigenvalue weighted by Crippen LogP contribution is -2.00. The van der Waals surface area contributed by atoms with Gasteiger partial charge in [-0.25, -0.2) is 0 Å². The lowest BCUT2D eigenvalue weighted by atomic mass is 10.2. The maximum absolute atomic E-state index is 5.29. The van der Waals surface area contributed by atoms with Crippen LogP contribution in [0.3, 0.4) is 0 Å². The molecule has 2 atom stereocenters. The molecule has 2 unspecified atom stereocenters. The Hall–Kier alpha value is -0.0800. The minimum absolute atomic E-state index is 0.515. The topological polar surface area (TPSA) is 38.5 Å². The van der Waals surface area contributed by atoms with Crippen molar-refractivity contribution in [1.29, 1.82) is 0 Å². The maximum atomic E-state index is 5.29. The van der Waals surface area contributed by atoms with Crippen molar-refractivity contribution in [3.63, 3.8) is 0 Å². The van der Waals surface area contributed by atoms with E-state index in [-0.39, 0.29) is 0 Å². The van der Waals surface area contributed by atoms with E-state index in [0.29, 0.717) is 12.2 Å². The molecule has 1 aliphatic heterocycles. The fourth-order valence-corrected chi connectivity index (χ4v) is 0.852. The number of rotatable bonds is 3. The molecule has 2 nitrogen and oxygen atoms in total. The van der Waals surface area contributed by atoms with E-state index in [1.807, 2.05) is 0 Å². The van der Waals surface area contributed by atoms with Crippen molar-refractivity contribution < 1.29 is 4.74 Å². The lowest BCUT2D eigenvalue weighted by molar-refractivity contribution is 0.368. The molecule has 1 rings (SSSR count). The van der Waals surface area contributed by atoms with Crippen LogP contribution in [0.1, 0.15) is 19.8 Å². The largest absolute Gasteiger partial charge is 0.370 e. The van der Waals surface area contributed by atoms with Crippen LogP contribution in [-0.4, -0.2) is 18.8 Å². The van der Waals surface area contributed by atoms with E-state index in [1.165, 1.54) is 0 Å². The van der Waals surface area contributed by atoms with Crippen molar-refractivity contribution in [2.24, 2.45) is 5.73 Å². The van der Waals surface area contributed by atoms with Gasteiger partial charge in [0.2, 0.25) is 0 Å². The van der Waals surface area contributed by atoms with Crippen LogP contribution >= 0.6 is 0 Å². The zero-order valence-electron chi connectivity index (χ0n) is 5.26. The minimum Gasteiger partial charge on any atom is -0.370 e. The molecule has 1 saturated heterocycles. The summed E-state index contributed by atoms with van der Waals surface area (Å²) in [7, 11) is 0. The van der Waals surface area contributed by atoms with Crippen LogP contribution in [0, 0.1) is 0 Å². The molecule has 0 aromatic heterocycles. The maximum Gasteiger partial charge on any atom is 0.0839 e. The van der Waals surface area contributed by atoms with Crippen molar-refractivity contribution in [2.75, 3.05) is 6.54 Å². The van der Waals surface area contributed by atoms with E-state index >= 15 is 0 Å². The summed E-state index contributed by atoms with van der Waals surface area (Å²) in [6.45, 7) is 2.90. The molecular formula is C6H13NO. The summed E-state index contributed by atoms with van der Waals surface area (Å²) in [6.07, 6.45) is 3.31. The molecule has 0 aliphatic carbocycles. The van der Waals surface area contributed by atoms with Gasteiger partial charge in [-0.1, -0.05) is 0 Å². The summed E-state index contributed by atoms with van der Waals surface area (Å²) in [4.78, 5) is 0. The second-order valence-electron chi connectivity index (χ2n) is 2.31. The first-order valence-electron chi connectivity index (χ1n) is 3.20. The Bertz CT molecular complexity index is 74.9. The van der Waals surface area contributed by atoms with E-state index in [9.17, 15) is 0 Å². The van der Waals surface area contributed by atoms with Crippen LogP contribution in [0.15, 0.2) is 0 Å². The van der Waals surface area contributed by atoms with Crippen LogP contribution in [0.5, 0.6) is 0 Å². The average Bonchev–Trinajstić information content (AvgIpc) is 2.42.